The van der Waals surface area contributed by atoms with Gasteiger partial charge in [-0.1, -0.05) is 11.6 Å². The summed E-state index contributed by atoms with van der Waals surface area (Å²) in [6.45, 7) is 1.55. The molecule has 0 radical (unpaired) electrons. The number of nitro benzene ring substituents is 1. The van der Waals surface area contributed by atoms with Gasteiger partial charge in [0.25, 0.3) is 17.5 Å². The third kappa shape index (κ3) is 7.27. The minimum Gasteiger partial charge on any atom is -0.467 e. The first-order valence-electron chi connectivity index (χ1n) is 9.47. The Labute approximate surface area is 193 Å². The first-order chi connectivity index (χ1) is 15.2. The minimum absolute atomic E-state index is 0.0246. The van der Waals surface area contributed by atoms with Crippen LogP contribution in [0, 0.1) is 10.1 Å². The number of hydrogen-bond acceptors (Lipinski definition) is 8. The van der Waals surface area contributed by atoms with Crippen LogP contribution in [0.4, 0.5) is 5.69 Å². The standard InChI is InChI=1S/C20H22ClN3O7S/c1-12(18(25)22-11-14-4-3-8-30-14)31-20(27)17(7-9-32-2)23-19(26)15-6-5-13(24(28)29)10-16(15)21/h3-6,8,10,12,17H,7,9,11H2,1-2H3,(H,22,25)(H,23,26)/t12-,17-/m0/s1. The highest BCUT2D eigenvalue weighted by molar-refractivity contribution is 7.98. The van der Waals surface area contributed by atoms with E-state index in [9.17, 15) is 24.5 Å². The summed E-state index contributed by atoms with van der Waals surface area (Å²) in [6, 6.07) is 5.73. The summed E-state index contributed by atoms with van der Waals surface area (Å²) in [7, 11) is 0. The van der Waals surface area contributed by atoms with Gasteiger partial charge in [0, 0.05) is 12.1 Å². The summed E-state index contributed by atoms with van der Waals surface area (Å²) in [5, 5.41) is 15.8. The monoisotopic (exact) mass is 483 g/mol. The number of non-ortho nitro benzene ring substituents is 1. The van der Waals surface area contributed by atoms with E-state index in [1.807, 2.05) is 6.26 Å². The van der Waals surface area contributed by atoms with Gasteiger partial charge >= 0.3 is 5.97 Å². The van der Waals surface area contributed by atoms with Crippen molar-refractivity contribution in [2.75, 3.05) is 12.0 Å². The number of amides is 2. The molecule has 0 aliphatic heterocycles. The fourth-order valence-corrected chi connectivity index (χ4v) is 3.30. The molecule has 1 heterocycles. The summed E-state index contributed by atoms with van der Waals surface area (Å²) in [6.07, 6.45) is 2.45. The average Bonchev–Trinajstić information content (AvgIpc) is 3.28. The lowest BCUT2D eigenvalue weighted by Crippen LogP contribution is -2.45. The Kier molecular flexibility index (Phi) is 9.54. The molecule has 2 rings (SSSR count). The third-order valence-corrected chi connectivity index (χ3v) is 5.24. The number of nitrogens with zero attached hydrogens (tertiary/aromatic N) is 1. The van der Waals surface area contributed by atoms with Crippen molar-refractivity contribution in [3.63, 3.8) is 0 Å². The summed E-state index contributed by atoms with van der Waals surface area (Å²) >= 11 is 7.45. The van der Waals surface area contributed by atoms with Gasteiger partial charge < -0.3 is 19.8 Å². The first kappa shape index (κ1) is 25.2. The Morgan fingerprint density at radius 2 is 2.06 bits per heavy atom. The van der Waals surface area contributed by atoms with Crippen LogP contribution in [0.1, 0.15) is 29.5 Å². The van der Waals surface area contributed by atoms with Gasteiger partial charge in [0.15, 0.2) is 6.10 Å². The zero-order valence-electron chi connectivity index (χ0n) is 17.3. The number of nitro groups is 1. The molecule has 0 saturated carbocycles. The van der Waals surface area contributed by atoms with Crippen LogP contribution in [0.15, 0.2) is 41.0 Å². The van der Waals surface area contributed by atoms with E-state index in [-0.39, 0.29) is 29.2 Å². The molecular weight excluding hydrogens is 462 g/mol. The number of thioether (sulfide) groups is 1. The molecule has 2 atom stereocenters. The van der Waals surface area contributed by atoms with Crippen molar-refractivity contribution in [1.29, 1.82) is 0 Å². The van der Waals surface area contributed by atoms with Gasteiger partial charge in [0.05, 0.1) is 28.3 Å². The smallest absolute Gasteiger partial charge is 0.329 e. The molecule has 2 amide bonds. The predicted molar refractivity (Wildman–Crippen MR) is 118 cm³/mol. The number of rotatable bonds is 11. The van der Waals surface area contributed by atoms with E-state index in [0.717, 1.165) is 12.1 Å². The van der Waals surface area contributed by atoms with E-state index < -0.39 is 34.9 Å². The third-order valence-electron chi connectivity index (χ3n) is 4.29. The van der Waals surface area contributed by atoms with E-state index in [1.54, 1.807) is 12.1 Å². The highest BCUT2D eigenvalue weighted by atomic mass is 35.5. The van der Waals surface area contributed by atoms with Gasteiger partial charge in [-0.2, -0.15) is 11.8 Å². The molecule has 32 heavy (non-hydrogen) atoms. The normalized spacial score (nSPS) is 12.5. The average molecular weight is 484 g/mol. The molecule has 12 heteroatoms. The van der Waals surface area contributed by atoms with Gasteiger partial charge in [-0.15, -0.1) is 0 Å². The number of nitrogens with one attached hydrogen (secondary N) is 2. The van der Waals surface area contributed by atoms with E-state index >= 15 is 0 Å². The molecule has 1 aromatic carbocycles. The summed E-state index contributed by atoms with van der Waals surface area (Å²) in [4.78, 5) is 47.6. The van der Waals surface area contributed by atoms with Crippen LogP contribution in [0.25, 0.3) is 0 Å². The van der Waals surface area contributed by atoms with Crippen molar-refractivity contribution in [2.24, 2.45) is 0 Å². The molecule has 2 aromatic rings. The maximum atomic E-state index is 12.6. The highest BCUT2D eigenvalue weighted by Gasteiger charge is 2.27. The first-order valence-corrected chi connectivity index (χ1v) is 11.2. The van der Waals surface area contributed by atoms with Crippen LogP contribution in [-0.4, -0.2) is 46.9 Å². The zero-order valence-corrected chi connectivity index (χ0v) is 18.9. The Morgan fingerprint density at radius 3 is 2.66 bits per heavy atom. The Bertz CT molecular complexity index is 968. The number of esters is 1. The molecule has 0 fully saturated rings. The van der Waals surface area contributed by atoms with Crippen molar-refractivity contribution in [2.45, 2.75) is 32.0 Å². The SMILES string of the molecule is CSCC[C@H](NC(=O)c1ccc([N+](=O)[O-])cc1Cl)C(=O)O[C@@H](C)C(=O)NCc1ccco1. The van der Waals surface area contributed by atoms with Crippen molar-refractivity contribution in [3.05, 3.63) is 63.1 Å². The largest absolute Gasteiger partial charge is 0.467 e. The van der Waals surface area contributed by atoms with E-state index in [1.165, 1.54) is 31.0 Å². The number of hydrogen-bond donors (Lipinski definition) is 2. The number of carbonyl (C=O) groups excluding carboxylic acids is 3. The van der Waals surface area contributed by atoms with Crippen LogP contribution in [-0.2, 0) is 20.9 Å². The second kappa shape index (κ2) is 12.1. The van der Waals surface area contributed by atoms with Gasteiger partial charge in [0.1, 0.15) is 11.8 Å². The molecule has 0 bridgehead atoms. The fraction of sp³-hybridized carbons (Fsp3) is 0.350. The van der Waals surface area contributed by atoms with Crippen molar-refractivity contribution < 1.29 is 28.5 Å². The van der Waals surface area contributed by atoms with E-state index in [2.05, 4.69) is 10.6 Å². The number of ether oxygens (including phenoxy) is 1. The van der Waals surface area contributed by atoms with E-state index in [4.69, 9.17) is 20.8 Å². The maximum absolute atomic E-state index is 12.6. The van der Waals surface area contributed by atoms with Gasteiger partial charge in [-0.05, 0) is 43.6 Å². The fourth-order valence-electron chi connectivity index (χ4n) is 2.56. The van der Waals surface area contributed by atoms with E-state index in [0.29, 0.717) is 11.5 Å². The van der Waals surface area contributed by atoms with Crippen molar-refractivity contribution in [1.82, 2.24) is 10.6 Å². The molecule has 0 spiro atoms. The molecule has 0 saturated heterocycles. The number of benzene rings is 1. The van der Waals surface area contributed by atoms with Gasteiger partial charge in [-0.3, -0.25) is 19.7 Å². The lowest BCUT2D eigenvalue weighted by molar-refractivity contribution is -0.384. The molecule has 0 unspecified atom stereocenters. The van der Waals surface area contributed by atoms with Crippen LogP contribution in [0.3, 0.4) is 0 Å². The van der Waals surface area contributed by atoms with Crippen LogP contribution in [0.2, 0.25) is 5.02 Å². The van der Waals surface area contributed by atoms with Crippen molar-refractivity contribution in [3.8, 4) is 0 Å². The summed E-state index contributed by atoms with van der Waals surface area (Å²) in [5.74, 6) is -0.924. The summed E-state index contributed by atoms with van der Waals surface area (Å²) < 4.78 is 10.4. The van der Waals surface area contributed by atoms with Crippen molar-refractivity contribution >= 4 is 46.8 Å². The molecule has 0 aliphatic carbocycles. The minimum atomic E-state index is -1.10. The maximum Gasteiger partial charge on any atom is 0.329 e. The Hall–Kier alpha value is -3.05. The number of furan rings is 1. The lowest BCUT2D eigenvalue weighted by Gasteiger charge is -2.20. The van der Waals surface area contributed by atoms with Gasteiger partial charge in [-0.25, -0.2) is 4.79 Å². The predicted octanol–water partition coefficient (Wildman–Crippen LogP) is 2.94. The van der Waals surface area contributed by atoms with Crippen LogP contribution in [0.5, 0.6) is 0 Å². The quantitative estimate of drug-likeness (QED) is 0.282. The Balaban J connectivity index is 2.01. The highest BCUT2D eigenvalue weighted by Crippen LogP contribution is 2.22. The number of carbonyl (C=O) groups is 3. The Morgan fingerprint density at radius 1 is 1.31 bits per heavy atom. The topological polar surface area (TPSA) is 141 Å². The second-order valence-electron chi connectivity index (χ2n) is 6.61. The second-order valence-corrected chi connectivity index (χ2v) is 8.00. The van der Waals surface area contributed by atoms with Crippen LogP contribution < -0.4 is 10.6 Å². The molecule has 0 aliphatic rings. The van der Waals surface area contributed by atoms with Crippen LogP contribution >= 0.6 is 23.4 Å². The lowest BCUT2D eigenvalue weighted by atomic mass is 10.1. The molecule has 10 nitrogen and oxygen atoms in total. The molecular formula is C20H22ClN3O7S. The van der Waals surface area contributed by atoms with Gasteiger partial charge in [0.2, 0.25) is 0 Å². The molecule has 1 aromatic heterocycles. The molecule has 172 valence electrons. The summed E-state index contributed by atoms with van der Waals surface area (Å²) in [5.41, 5.74) is -0.289. The number of halogens is 1. The zero-order chi connectivity index (χ0) is 23.7. The molecule has 2 N–H and O–H groups in total.